The Morgan fingerprint density at radius 2 is 1.90 bits per heavy atom. The number of rotatable bonds is 5. The van der Waals surface area contributed by atoms with Crippen LogP contribution in [0.3, 0.4) is 0 Å². The van der Waals surface area contributed by atoms with Crippen molar-refractivity contribution in [3.8, 4) is 0 Å². The van der Waals surface area contributed by atoms with Gasteiger partial charge in [0.15, 0.2) is 0 Å². The number of carbonyl (C=O) groups excluding carboxylic acids is 1. The van der Waals surface area contributed by atoms with Gasteiger partial charge in [-0.2, -0.15) is 0 Å². The minimum atomic E-state index is -0.0500. The Labute approximate surface area is 142 Å². The van der Waals surface area contributed by atoms with E-state index < -0.39 is 0 Å². The van der Waals surface area contributed by atoms with E-state index in [0.29, 0.717) is 5.56 Å². The highest BCUT2D eigenvalue weighted by atomic mass is 79.9. The molecule has 0 radical (unpaired) electrons. The zero-order chi connectivity index (χ0) is 15.2. The summed E-state index contributed by atoms with van der Waals surface area (Å²) in [5.41, 5.74) is 2.96. The molecule has 0 bridgehead atoms. The molecule has 0 aliphatic heterocycles. The fourth-order valence-electron chi connectivity index (χ4n) is 2.12. The predicted molar refractivity (Wildman–Crippen MR) is 94.1 cm³/mol. The molecule has 0 aliphatic rings. The van der Waals surface area contributed by atoms with Crippen molar-refractivity contribution in [3.05, 3.63) is 69.7 Å². The first-order chi connectivity index (χ1) is 10.1. The fraction of sp³-hybridized carbons (Fsp3) is 0.235. The van der Waals surface area contributed by atoms with Crippen molar-refractivity contribution in [2.45, 2.75) is 19.4 Å². The van der Waals surface area contributed by atoms with Crippen LogP contribution in [0.15, 0.2) is 53.0 Å². The molecule has 0 heterocycles. The van der Waals surface area contributed by atoms with Gasteiger partial charge in [0.25, 0.3) is 5.91 Å². The van der Waals surface area contributed by atoms with Gasteiger partial charge in [0.2, 0.25) is 0 Å². The van der Waals surface area contributed by atoms with Crippen LogP contribution < -0.4 is 5.32 Å². The number of alkyl halides is 1. The quantitative estimate of drug-likeness (QED) is 0.722. The maximum absolute atomic E-state index is 12.4. The van der Waals surface area contributed by atoms with Crippen LogP contribution in [0.1, 0.15) is 21.5 Å². The van der Waals surface area contributed by atoms with E-state index in [1.165, 1.54) is 5.56 Å². The Morgan fingerprint density at radius 1 is 1.19 bits per heavy atom. The summed E-state index contributed by atoms with van der Waals surface area (Å²) in [6.07, 6.45) is 0.807. The fourth-order valence-corrected chi connectivity index (χ4v) is 2.94. The van der Waals surface area contributed by atoms with Crippen LogP contribution in [0.4, 0.5) is 0 Å². The molecule has 4 heteroatoms. The molecule has 110 valence electrons. The largest absolute Gasteiger partial charge is 0.348 e. The van der Waals surface area contributed by atoms with Crippen molar-refractivity contribution in [3.63, 3.8) is 0 Å². The highest BCUT2D eigenvalue weighted by molar-refractivity contribution is 9.10. The molecule has 2 nitrogen and oxygen atoms in total. The number of hydrogen-bond acceptors (Lipinski definition) is 1. The van der Waals surface area contributed by atoms with Crippen LogP contribution in [0.5, 0.6) is 0 Å². The monoisotopic (exact) mass is 409 g/mol. The number of benzene rings is 2. The summed E-state index contributed by atoms with van der Waals surface area (Å²) >= 11 is 6.92. The van der Waals surface area contributed by atoms with Crippen LogP contribution in [-0.4, -0.2) is 17.3 Å². The van der Waals surface area contributed by atoms with E-state index in [1.54, 1.807) is 0 Å². The first kappa shape index (κ1) is 16.2. The van der Waals surface area contributed by atoms with Crippen molar-refractivity contribution in [2.24, 2.45) is 0 Å². The number of aryl methyl sites for hydroxylation is 1. The Bertz CT molecular complexity index is 613. The first-order valence-corrected chi connectivity index (χ1v) is 8.68. The molecule has 2 rings (SSSR count). The molecule has 1 atom stereocenters. The molecule has 1 unspecified atom stereocenters. The highest BCUT2D eigenvalue weighted by Crippen LogP contribution is 2.18. The molecular weight excluding hydrogens is 394 g/mol. The standard InChI is InChI=1S/C17H17Br2NO/c1-12-7-8-16(19)15(9-12)17(21)20-14(11-18)10-13-5-3-2-4-6-13/h2-9,14H,10-11H2,1H3,(H,20,21). The Hall–Kier alpha value is -1.13. The third-order valence-electron chi connectivity index (χ3n) is 3.21. The SMILES string of the molecule is Cc1ccc(Br)c(C(=O)NC(CBr)Cc2ccccc2)c1. The lowest BCUT2D eigenvalue weighted by Gasteiger charge is -2.17. The molecule has 0 aromatic heterocycles. The Morgan fingerprint density at radius 3 is 2.57 bits per heavy atom. The Balaban J connectivity index is 2.07. The average molecular weight is 411 g/mol. The molecule has 1 amide bonds. The molecule has 0 saturated carbocycles. The van der Waals surface area contributed by atoms with E-state index in [-0.39, 0.29) is 11.9 Å². The van der Waals surface area contributed by atoms with Crippen LogP contribution in [0.25, 0.3) is 0 Å². The first-order valence-electron chi connectivity index (χ1n) is 6.77. The molecule has 0 aliphatic carbocycles. The molecule has 0 fully saturated rings. The second-order valence-electron chi connectivity index (χ2n) is 5.00. The topological polar surface area (TPSA) is 29.1 Å². The molecule has 2 aromatic rings. The summed E-state index contributed by atoms with van der Waals surface area (Å²) in [6, 6.07) is 16.0. The summed E-state index contributed by atoms with van der Waals surface area (Å²) in [4.78, 5) is 12.4. The van der Waals surface area contributed by atoms with E-state index >= 15 is 0 Å². The Kier molecular flexibility index (Phi) is 6.00. The molecule has 1 N–H and O–H groups in total. The third kappa shape index (κ3) is 4.68. The predicted octanol–water partition coefficient (Wildman–Crippen LogP) is 4.49. The van der Waals surface area contributed by atoms with Crippen LogP contribution in [0.2, 0.25) is 0 Å². The van der Waals surface area contributed by atoms with Gasteiger partial charge in [-0.3, -0.25) is 4.79 Å². The molecule has 0 saturated heterocycles. The van der Waals surface area contributed by atoms with Crippen molar-refractivity contribution in [2.75, 3.05) is 5.33 Å². The normalized spacial score (nSPS) is 12.0. The van der Waals surface area contributed by atoms with Crippen LogP contribution >= 0.6 is 31.9 Å². The van der Waals surface area contributed by atoms with Crippen molar-refractivity contribution in [1.29, 1.82) is 0 Å². The lowest BCUT2D eigenvalue weighted by molar-refractivity contribution is 0.0940. The summed E-state index contributed by atoms with van der Waals surface area (Å²) in [7, 11) is 0. The minimum Gasteiger partial charge on any atom is -0.348 e. The summed E-state index contributed by atoms with van der Waals surface area (Å²) in [6.45, 7) is 1.98. The second-order valence-corrected chi connectivity index (χ2v) is 6.50. The smallest absolute Gasteiger partial charge is 0.252 e. The van der Waals surface area contributed by atoms with E-state index in [4.69, 9.17) is 0 Å². The number of nitrogens with one attached hydrogen (secondary N) is 1. The number of carbonyl (C=O) groups is 1. The van der Waals surface area contributed by atoms with Crippen molar-refractivity contribution < 1.29 is 4.79 Å². The average Bonchev–Trinajstić information content (AvgIpc) is 2.50. The summed E-state index contributed by atoms with van der Waals surface area (Å²) in [5, 5.41) is 3.80. The van der Waals surface area contributed by atoms with E-state index in [2.05, 4.69) is 49.3 Å². The number of amides is 1. The van der Waals surface area contributed by atoms with Crippen LogP contribution in [0, 0.1) is 6.92 Å². The van der Waals surface area contributed by atoms with Gasteiger partial charge < -0.3 is 5.32 Å². The molecule has 0 spiro atoms. The van der Waals surface area contributed by atoms with Gasteiger partial charge in [-0.05, 0) is 47.0 Å². The summed E-state index contributed by atoms with van der Waals surface area (Å²) < 4.78 is 0.818. The number of halogens is 2. The zero-order valence-corrected chi connectivity index (χ0v) is 14.9. The third-order valence-corrected chi connectivity index (χ3v) is 4.69. The van der Waals surface area contributed by atoms with Gasteiger partial charge in [-0.25, -0.2) is 0 Å². The van der Waals surface area contributed by atoms with Gasteiger partial charge >= 0.3 is 0 Å². The van der Waals surface area contributed by atoms with Gasteiger partial charge in [0.1, 0.15) is 0 Å². The van der Waals surface area contributed by atoms with Gasteiger partial charge in [0, 0.05) is 15.8 Å². The van der Waals surface area contributed by atoms with E-state index in [9.17, 15) is 4.79 Å². The lowest BCUT2D eigenvalue weighted by Crippen LogP contribution is -2.37. The maximum atomic E-state index is 12.4. The highest BCUT2D eigenvalue weighted by Gasteiger charge is 2.15. The lowest BCUT2D eigenvalue weighted by atomic mass is 10.1. The van der Waals surface area contributed by atoms with E-state index in [1.807, 2.05) is 43.3 Å². The van der Waals surface area contributed by atoms with Crippen LogP contribution in [-0.2, 0) is 6.42 Å². The second kappa shape index (κ2) is 7.76. The molecule has 21 heavy (non-hydrogen) atoms. The van der Waals surface area contributed by atoms with Crippen molar-refractivity contribution in [1.82, 2.24) is 5.32 Å². The molecular formula is C17H17Br2NO. The van der Waals surface area contributed by atoms with Gasteiger partial charge in [-0.1, -0.05) is 57.9 Å². The molecule has 2 aromatic carbocycles. The zero-order valence-electron chi connectivity index (χ0n) is 11.8. The minimum absolute atomic E-state index is 0.0500. The van der Waals surface area contributed by atoms with Gasteiger partial charge in [0.05, 0.1) is 5.56 Å². The maximum Gasteiger partial charge on any atom is 0.252 e. The van der Waals surface area contributed by atoms with E-state index in [0.717, 1.165) is 21.8 Å². The van der Waals surface area contributed by atoms with Crippen molar-refractivity contribution >= 4 is 37.8 Å². The number of hydrogen-bond donors (Lipinski definition) is 1. The summed E-state index contributed by atoms with van der Waals surface area (Å²) in [5.74, 6) is -0.0500. The van der Waals surface area contributed by atoms with Gasteiger partial charge in [-0.15, -0.1) is 0 Å².